The zero-order chi connectivity index (χ0) is 16.1. The van der Waals surface area contributed by atoms with Gasteiger partial charge in [0.1, 0.15) is 6.04 Å². The molecule has 1 aromatic rings. The van der Waals surface area contributed by atoms with E-state index in [9.17, 15) is 14.4 Å². The molecule has 0 saturated carbocycles. The number of ether oxygens (including phenoxy) is 1. The maximum absolute atomic E-state index is 12.3. The first-order valence-corrected chi connectivity index (χ1v) is 6.99. The summed E-state index contributed by atoms with van der Waals surface area (Å²) in [6.45, 7) is 2.18. The van der Waals surface area contributed by atoms with Crippen LogP contribution in [0.4, 0.5) is 10.5 Å². The summed E-state index contributed by atoms with van der Waals surface area (Å²) in [4.78, 5) is 38.6. The Kier molecular flexibility index (Phi) is 4.98. The molecule has 1 aliphatic heterocycles. The van der Waals surface area contributed by atoms with Crippen LogP contribution in [0.3, 0.4) is 0 Å². The summed E-state index contributed by atoms with van der Waals surface area (Å²) in [6, 6.07) is 7.99. The van der Waals surface area contributed by atoms with E-state index in [1.165, 1.54) is 23.8 Å². The fourth-order valence-corrected chi connectivity index (χ4v) is 2.41. The number of para-hydroxylation sites is 1. The maximum Gasteiger partial charge on any atom is 0.330 e. The maximum atomic E-state index is 12.3. The van der Waals surface area contributed by atoms with Crippen LogP contribution in [0.5, 0.6) is 0 Å². The molecule has 7 nitrogen and oxygen atoms in total. The third-order valence-electron chi connectivity index (χ3n) is 3.57. The van der Waals surface area contributed by atoms with E-state index in [2.05, 4.69) is 5.32 Å². The van der Waals surface area contributed by atoms with E-state index in [0.717, 1.165) is 0 Å². The zero-order valence-corrected chi connectivity index (χ0v) is 12.6. The summed E-state index contributed by atoms with van der Waals surface area (Å²) in [5.41, 5.74) is 0.677. The highest BCUT2D eigenvalue weighted by atomic mass is 16.5. The SMILES string of the molecule is COC(=O)[C@H]1CN(C(=O)Nc2ccccc2)CCN1C(C)=O. The predicted molar refractivity (Wildman–Crippen MR) is 80.2 cm³/mol. The number of nitrogens with one attached hydrogen (secondary N) is 1. The number of carbonyl (C=O) groups is 3. The number of piperazine rings is 1. The summed E-state index contributed by atoms with van der Waals surface area (Å²) in [6.07, 6.45) is 0. The van der Waals surface area contributed by atoms with Crippen molar-refractivity contribution in [1.29, 1.82) is 0 Å². The van der Waals surface area contributed by atoms with E-state index in [1.807, 2.05) is 18.2 Å². The molecule has 0 bridgehead atoms. The minimum Gasteiger partial charge on any atom is -0.467 e. The van der Waals surface area contributed by atoms with Gasteiger partial charge in [-0.1, -0.05) is 18.2 Å². The molecule has 0 spiro atoms. The number of nitrogens with zero attached hydrogens (tertiary/aromatic N) is 2. The topological polar surface area (TPSA) is 79.0 Å². The van der Waals surface area contributed by atoms with Crippen LogP contribution in [0.2, 0.25) is 0 Å². The smallest absolute Gasteiger partial charge is 0.330 e. The number of hydrogen-bond acceptors (Lipinski definition) is 4. The lowest BCUT2D eigenvalue weighted by Gasteiger charge is -2.39. The Morgan fingerprint density at radius 2 is 1.86 bits per heavy atom. The third-order valence-corrected chi connectivity index (χ3v) is 3.57. The number of urea groups is 1. The van der Waals surface area contributed by atoms with Crippen molar-refractivity contribution in [3.8, 4) is 0 Å². The van der Waals surface area contributed by atoms with Crippen LogP contribution in [0.25, 0.3) is 0 Å². The molecule has 0 aromatic heterocycles. The molecule has 3 amide bonds. The van der Waals surface area contributed by atoms with Crippen molar-refractivity contribution in [2.45, 2.75) is 13.0 Å². The monoisotopic (exact) mass is 305 g/mol. The van der Waals surface area contributed by atoms with Gasteiger partial charge in [-0.05, 0) is 12.1 Å². The second-order valence-corrected chi connectivity index (χ2v) is 4.99. The normalized spacial score (nSPS) is 17.8. The van der Waals surface area contributed by atoms with E-state index in [1.54, 1.807) is 12.1 Å². The molecule has 0 aliphatic carbocycles. The van der Waals surface area contributed by atoms with Gasteiger partial charge in [-0.15, -0.1) is 0 Å². The largest absolute Gasteiger partial charge is 0.467 e. The van der Waals surface area contributed by atoms with Crippen molar-refractivity contribution in [2.75, 3.05) is 32.1 Å². The van der Waals surface area contributed by atoms with Crippen molar-refractivity contribution in [1.82, 2.24) is 9.80 Å². The summed E-state index contributed by atoms with van der Waals surface area (Å²) in [5.74, 6) is -0.731. The fraction of sp³-hybridized carbons (Fsp3) is 0.400. The number of hydrogen-bond donors (Lipinski definition) is 1. The molecule has 0 radical (unpaired) electrons. The van der Waals surface area contributed by atoms with Gasteiger partial charge in [-0.2, -0.15) is 0 Å². The third kappa shape index (κ3) is 3.55. The molecule has 1 N–H and O–H groups in total. The van der Waals surface area contributed by atoms with Crippen molar-refractivity contribution in [3.05, 3.63) is 30.3 Å². The van der Waals surface area contributed by atoms with Crippen molar-refractivity contribution in [2.24, 2.45) is 0 Å². The zero-order valence-electron chi connectivity index (χ0n) is 12.6. The average Bonchev–Trinajstić information content (AvgIpc) is 2.54. The quantitative estimate of drug-likeness (QED) is 0.824. The highest BCUT2D eigenvalue weighted by Gasteiger charge is 2.36. The molecule has 1 atom stereocenters. The summed E-state index contributed by atoms with van der Waals surface area (Å²) < 4.78 is 4.73. The van der Waals surface area contributed by atoms with Crippen LogP contribution in [-0.2, 0) is 14.3 Å². The van der Waals surface area contributed by atoms with Gasteiger partial charge in [0.15, 0.2) is 0 Å². The van der Waals surface area contributed by atoms with Gasteiger partial charge >= 0.3 is 12.0 Å². The Bertz CT molecular complexity index is 561. The second-order valence-electron chi connectivity index (χ2n) is 4.99. The van der Waals surface area contributed by atoms with E-state index in [4.69, 9.17) is 4.74 Å². The first-order chi connectivity index (χ1) is 10.5. The predicted octanol–water partition coefficient (Wildman–Crippen LogP) is 0.924. The number of anilines is 1. The minimum atomic E-state index is -0.766. The molecular weight excluding hydrogens is 286 g/mol. The molecule has 1 saturated heterocycles. The molecule has 0 unspecified atom stereocenters. The van der Waals surface area contributed by atoms with Crippen molar-refractivity contribution >= 4 is 23.6 Å². The van der Waals surface area contributed by atoms with E-state index in [-0.39, 0.29) is 18.5 Å². The van der Waals surface area contributed by atoms with E-state index >= 15 is 0 Å². The summed E-state index contributed by atoms with van der Waals surface area (Å²) in [7, 11) is 1.27. The lowest BCUT2D eigenvalue weighted by Crippen LogP contribution is -2.59. The second kappa shape index (κ2) is 6.93. The number of rotatable bonds is 2. The first-order valence-electron chi connectivity index (χ1n) is 6.99. The van der Waals surface area contributed by atoms with Crippen LogP contribution in [-0.4, -0.2) is 60.5 Å². The summed E-state index contributed by atoms with van der Waals surface area (Å²) >= 11 is 0. The molecular formula is C15H19N3O4. The standard InChI is InChI=1S/C15H19N3O4/c1-11(19)18-9-8-17(10-13(18)14(20)22-2)15(21)16-12-6-4-3-5-7-12/h3-7,13H,8-10H2,1-2H3,(H,16,21)/t13-/m1/s1. The van der Waals surface area contributed by atoms with Crippen molar-refractivity contribution < 1.29 is 19.1 Å². The number of carbonyl (C=O) groups excluding carboxylic acids is 3. The first kappa shape index (κ1) is 15.8. The highest BCUT2D eigenvalue weighted by molar-refractivity contribution is 5.91. The number of esters is 1. The fourth-order valence-electron chi connectivity index (χ4n) is 2.41. The molecule has 7 heteroatoms. The lowest BCUT2D eigenvalue weighted by atomic mass is 10.1. The summed E-state index contributed by atoms with van der Waals surface area (Å²) in [5, 5.41) is 2.76. The Balaban J connectivity index is 2.05. The molecule has 22 heavy (non-hydrogen) atoms. The van der Waals surface area contributed by atoms with Crippen LogP contribution < -0.4 is 5.32 Å². The Labute approximate surface area is 128 Å². The van der Waals surface area contributed by atoms with Crippen molar-refractivity contribution in [3.63, 3.8) is 0 Å². The Morgan fingerprint density at radius 1 is 1.18 bits per heavy atom. The Morgan fingerprint density at radius 3 is 2.45 bits per heavy atom. The van der Waals surface area contributed by atoms with Crippen LogP contribution in [0.15, 0.2) is 30.3 Å². The minimum absolute atomic E-state index is 0.116. The molecule has 1 fully saturated rings. The molecule has 1 aliphatic rings. The van der Waals surface area contributed by atoms with E-state index < -0.39 is 12.0 Å². The van der Waals surface area contributed by atoms with Gasteiger partial charge < -0.3 is 19.9 Å². The van der Waals surface area contributed by atoms with Crippen LogP contribution in [0, 0.1) is 0 Å². The molecule has 1 aromatic carbocycles. The van der Waals surface area contributed by atoms with Gasteiger partial charge in [0, 0.05) is 25.7 Å². The molecule has 118 valence electrons. The number of amides is 3. The number of benzene rings is 1. The van der Waals surface area contributed by atoms with Crippen LogP contribution >= 0.6 is 0 Å². The van der Waals surface area contributed by atoms with Gasteiger partial charge in [-0.25, -0.2) is 9.59 Å². The average molecular weight is 305 g/mol. The van der Waals surface area contributed by atoms with Gasteiger partial charge in [0.05, 0.1) is 13.7 Å². The van der Waals surface area contributed by atoms with Gasteiger partial charge in [-0.3, -0.25) is 4.79 Å². The van der Waals surface area contributed by atoms with Gasteiger partial charge in [0.25, 0.3) is 0 Å². The molecule has 2 rings (SSSR count). The number of methoxy groups -OCH3 is 1. The highest BCUT2D eigenvalue weighted by Crippen LogP contribution is 2.14. The van der Waals surface area contributed by atoms with Gasteiger partial charge in [0.2, 0.25) is 5.91 Å². The van der Waals surface area contributed by atoms with Crippen LogP contribution in [0.1, 0.15) is 6.92 Å². The lowest BCUT2D eigenvalue weighted by molar-refractivity contribution is -0.154. The Hall–Kier alpha value is -2.57. The van der Waals surface area contributed by atoms with E-state index in [0.29, 0.717) is 18.8 Å². The molecule has 1 heterocycles.